The Hall–Kier alpha value is -0.990. The quantitative estimate of drug-likeness (QED) is 0.809. The maximum absolute atomic E-state index is 12.6. The molecule has 3 rings (SSSR count). The van der Waals surface area contributed by atoms with Crippen LogP contribution < -0.4 is 0 Å². The molecular formula is C16H24N2O4S. The Kier molecular flexibility index (Phi) is 5.66. The molecule has 2 heterocycles. The first-order valence-electron chi connectivity index (χ1n) is 8.15. The van der Waals surface area contributed by atoms with Crippen LogP contribution in [0.25, 0.3) is 0 Å². The average Bonchev–Trinajstić information content (AvgIpc) is 2.62. The number of benzene rings is 1. The Morgan fingerprint density at radius 2 is 1.61 bits per heavy atom. The summed E-state index contributed by atoms with van der Waals surface area (Å²) < 4.78 is 39.4. The molecule has 1 aromatic rings. The van der Waals surface area contributed by atoms with Crippen LogP contribution >= 0.6 is 0 Å². The summed E-state index contributed by atoms with van der Waals surface area (Å²) in [5.41, 5.74) is 1.15. The van der Waals surface area contributed by atoms with E-state index in [9.17, 15) is 8.42 Å². The SMILES string of the molecule is O=S(=O)(N1CCOCC1)N1CCC(OCc2ccccc2)CC1. The highest BCUT2D eigenvalue weighted by Crippen LogP contribution is 2.20. The van der Waals surface area contributed by atoms with Crippen LogP contribution in [-0.4, -0.2) is 62.5 Å². The van der Waals surface area contributed by atoms with Crippen molar-refractivity contribution in [3.05, 3.63) is 35.9 Å². The van der Waals surface area contributed by atoms with Gasteiger partial charge in [-0.15, -0.1) is 0 Å². The lowest BCUT2D eigenvalue weighted by atomic mass is 10.1. The Balaban J connectivity index is 1.48. The minimum absolute atomic E-state index is 0.131. The molecule has 23 heavy (non-hydrogen) atoms. The molecule has 0 unspecified atom stereocenters. The van der Waals surface area contributed by atoms with Gasteiger partial charge in [0.15, 0.2) is 0 Å². The zero-order chi connectivity index (χ0) is 16.1. The van der Waals surface area contributed by atoms with E-state index in [-0.39, 0.29) is 6.10 Å². The molecule has 1 aromatic carbocycles. The number of nitrogens with zero attached hydrogens (tertiary/aromatic N) is 2. The van der Waals surface area contributed by atoms with Gasteiger partial charge in [-0.1, -0.05) is 30.3 Å². The summed E-state index contributed by atoms with van der Waals surface area (Å²) in [5.74, 6) is 0. The highest BCUT2D eigenvalue weighted by molar-refractivity contribution is 7.86. The van der Waals surface area contributed by atoms with Crippen molar-refractivity contribution in [2.45, 2.75) is 25.6 Å². The first-order chi connectivity index (χ1) is 11.2. The fraction of sp³-hybridized carbons (Fsp3) is 0.625. The van der Waals surface area contributed by atoms with Gasteiger partial charge in [0.1, 0.15) is 0 Å². The van der Waals surface area contributed by atoms with E-state index < -0.39 is 10.2 Å². The van der Waals surface area contributed by atoms with E-state index in [4.69, 9.17) is 9.47 Å². The van der Waals surface area contributed by atoms with Crippen molar-refractivity contribution in [3.8, 4) is 0 Å². The van der Waals surface area contributed by atoms with Gasteiger partial charge in [-0.25, -0.2) is 0 Å². The van der Waals surface area contributed by atoms with E-state index in [1.54, 1.807) is 4.31 Å². The van der Waals surface area contributed by atoms with Crippen molar-refractivity contribution in [1.82, 2.24) is 8.61 Å². The summed E-state index contributed by atoms with van der Waals surface area (Å²) in [4.78, 5) is 0. The summed E-state index contributed by atoms with van der Waals surface area (Å²) in [5, 5.41) is 0. The van der Waals surface area contributed by atoms with E-state index in [1.165, 1.54) is 4.31 Å². The van der Waals surface area contributed by atoms with Crippen LogP contribution in [0.4, 0.5) is 0 Å². The molecule has 0 radical (unpaired) electrons. The molecule has 2 aliphatic rings. The molecule has 0 N–H and O–H groups in total. The average molecular weight is 340 g/mol. The van der Waals surface area contributed by atoms with Crippen LogP contribution in [0.2, 0.25) is 0 Å². The van der Waals surface area contributed by atoms with Crippen molar-refractivity contribution in [3.63, 3.8) is 0 Å². The van der Waals surface area contributed by atoms with Crippen LogP contribution in [0.3, 0.4) is 0 Å². The van der Waals surface area contributed by atoms with Crippen molar-refractivity contribution in [2.75, 3.05) is 39.4 Å². The second-order valence-corrected chi connectivity index (χ2v) is 7.84. The fourth-order valence-corrected chi connectivity index (χ4v) is 4.57. The van der Waals surface area contributed by atoms with E-state index in [1.807, 2.05) is 30.3 Å². The highest BCUT2D eigenvalue weighted by atomic mass is 32.2. The van der Waals surface area contributed by atoms with Crippen molar-refractivity contribution in [2.24, 2.45) is 0 Å². The minimum Gasteiger partial charge on any atom is -0.379 e. The summed E-state index contributed by atoms with van der Waals surface area (Å²) in [6.45, 7) is 3.51. The molecule has 0 aliphatic carbocycles. The van der Waals surface area contributed by atoms with Gasteiger partial charge in [-0.05, 0) is 18.4 Å². The zero-order valence-electron chi connectivity index (χ0n) is 13.3. The molecule has 0 amide bonds. The predicted octanol–water partition coefficient (Wildman–Crippen LogP) is 1.24. The Morgan fingerprint density at radius 1 is 1.00 bits per heavy atom. The van der Waals surface area contributed by atoms with Crippen LogP contribution in [-0.2, 0) is 26.3 Å². The Morgan fingerprint density at radius 3 is 2.26 bits per heavy atom. The monoisotopic (exact) mass is 340 g/mol. The lowest BCUT2D eigenvalue weighted by Gasteiger charge is -2.36. The number of rotatable bonds is 5. The summed E-state index contributed by atoms with van der Waals surface area (Å²) in [7, 11) is -3.34. The lowest BCUT2D eigenvalue weighted by Crippen LogP contribution is -2.51. The summed E-state index contributed by atoms with van der Waals surface area (Å²) in [6, 6.07) is 10.1. The third-order valence-electron chi connectivity index (χ3n) is 4.35. The summed E-state index contributed by atoms with van der Waals surface area (Å²) in [6.07, 6.45) is 1.62. The first-order valence-corrected chi connectivity index (χ1v) is 9.54. The van der Waals surface area contributed by atoms with E-state index >= 15 is 0 Å². The van der Waals surface area contributed by atoms with Crippen molar-refractivity contribution in [1.29, 1.82) is 0 Å². The smallest absolute Gasteiger partial charge is 0.282 e. The molecule has 2 aliphatic heterocycles. The molecular weight excluding hydrogens is 316 g/mol. The topological polar surface area (TPSA) is 59.1 Å². The number of morpholine rings is 1. The van der Waals surface area contributed by atoms with Crippen LogP contribution in [0.5, 0.6) is 0 Å². The van der Waals surface area contributed by atoms with Crippen molar-refractivity contribution < 1.29 is 17.9 Å². The number of ether oxygens (including phenoxy) is 2. The second-order valence-electron chi connectivity index (χ2n) is 5.91. The van der Waals surface area contributed by atoms with Gasteiger partial charge >= 0.3 is 0 Å². The summed E-state index contributed by atoms with van der Waals surface area (Å²) >= 11 is 0. The van der Waals surface area contributed by atoms with Crippen molar-refractivity contribution >= 4 is 10.2 Å². The van der Waals surface area contributed by atoms with Crippen LogP contribution in [0.1, 0.15) is 18.4 Å². The molecule has 2 fully saturated rings. The molecule has 2 saturated heterocycles. The van der Waals surface area contributed by atoms with Gasteiger partial charge < -0.3 is 9.47 Å². The normalized spacial score (nSPS) is 22.3. The van der Waals surface area contributed by atoms with Gasteiger partial charge in [0.25, 0.3) is 10.2 Å². The first kappa shape index (κ1) is 16.9. The highest BCUT2D eigenvalue weighted by Gasteiger charge is 2.33. The molecule has 128 valence electrons. The zero-order valence-corrected chi connectivity index (χ0v) is 14.1. The maximum atomic E-state index is 12.6. The van der Waals surface area contributed by atoms with Gasteiger partial charge in [-0.3, -0.25) is 0 Å². The standard InChI is InChI=1S/C16H24N2O4S/c19-23(20,18-10-12-21-13-11-18)17-8-6-16(7-9-17)22-14-15-4-2-1-3-5-15/h1-5,16H,6-14H2. The maximum Gasteiger partial charge on any atom is 0.282 e. The van der Waals surface area contributed by atoms with Gasteiger partial charge in [0, 0.05) is 26.2 Å². The van der Waals surface area contributed by atoms with Crippen LogP contribution in [0.15, 0.2) is 30.3 Å². The molecule has 0 atom stereocenters. The van der Waals surface area contributed by atoms with Crippen LogP contribution in [0, 0.1) is 0 Å². The molecule has 7 heteroatoms. The fourth-order valence-electron chi connectivity index (χ4n) is 2.96. The largest absolute Gasteiger partial charge is 0.379 e. The number of hydrogen-bond donors (Lipinski definition) is 0. The number of hydrogen-bond acceptors (Lipinski definition) is 4. The third-order valence-corrected chi connectivity index (χ3v) is 6.39. The molecule has 6 nitrogen and oxygen atoms in total. The lowest BCUT2D eigenvalue weighted by molar-refractivity contribution is 0.00839. The predicted molar refractivity (Wildman–Crippen MR) is 87.1 cm³/mol. The van der Waals surface area contributed by atoms with E-state index in [0.29, 0.717) is 46.0 Å². The Labute approximate surface area is 138 Å². The van der Waals surface area contributed by atoms with E-state index in [0.717, 1.165) is 18.4 Å². The molecule has 0 spiro atoms. The molecule has 0 aromatic heterocycles. The number of piperidine rings is 1. The van der Waals surface area contributed by atoms with Gasteiger partial charge in [0.05, 0.1) is 25.9 Å². The van der Waals surface area contributed by atoms with E-state index in [2.05, 4.69) is 0 Å². The molecule has 0 bridgehead atoms. The van der Waals surface area contributed by atoms with Gasteiger partial charge in [-0.2, -0.15) is 17.0 Å². The molecule has 0 saturated carbocycles. The van der Waals surface area contributed by atoms with Gasteiger partial charge in [0.2, 0.25) is 0 Å². The second kappa shape index (κ2) is 7.72. The minimum atomic E-state index is -3.34. The third kappa shape index (κ3) is 4.30. The Bertz CT molecular complexity index is 579.